The Hall–Kier alpha value is -0.170. The molecule has 84 valence electrons. The number of aliphatic hydroxyl groups excluding tert-OH is 2. The first-order valence-corrected chi connectivity index (χ1v) is 6.40. The van der Waals surface area contributed by atoms with Crippen molar-refractivity contribution in [2.75, 3.05) is 32.1 Å². The molecule has 0 amide bonds. The Morgan fingerprint density at radius 1 is 1.29 bits per heavy atom. The molecule has 1 rings (SSSR count). The molecule has 1 aliphatic rings. The summed E-state index contributed by atoms with van der Waals surface area (Å²) in [5.74, 6) is 0.0761. The van der Waals surface area contributed by atoms with Gasteiger partial charge in [-0.15, -0.1) is 0 Å². The van der Waals surface area contributed by atoms with Crippen molar-refractivity contribution in [3.05, 3.63) is 0 Å². The number of aliphatic hydroxyl groups is 2. The van der Waals surface area contributed by atoms with Crippen molar-refractivity contribution in [1.82, 2.24) is 4.31 Å². The van der Waals surface area contributed by atoms with Crippen LogP contribution in [0.5, 0.6) is 0 Å². The zero-order chi connectivity index (χ0) is 10.6. The summed E-state index contributed by atoms with van der Waals surface area (Å²) < 4.78 is 24.4. The van der Waals surface area contributed by atoms with Gasteiger partial charge in [0.2, 0.25) is 10.0 Å². The van der Waals surface area contributed by atoms with Crippen molar-refractivity contribution in [3.8, 4) is 0 Å². The molecule has 0 saturated carbocycles. The highest BCUT2D eigenvalue weighted by molar-refractivity contribution is 7.89. The summed E-state index contributed by atoms with van der Waals surface area (Å²) >= 11 is 0. The van der Waals surface area contributed by atoms with Gasteiger partial charge in [0.1, 0.15) is 0 Å². The van der Waals surface area contributed by atoms with Crippen molar-refractivity contribution in [3.63, 3.8) is 0 Å². The fraction of sp³-hybridized carbons (Fsp3) is 1.00. The lowest BCUT2D eigenvalue weighted by atomic mass is 10.1. The van der Waals surface area contributed by atoms with Crippen LogP contribution in [0.4, 0.5) is 0 Å². The standard InChI is InChI=1S/C8H17NO4S/c10-4-2-8-1-3-9(7-8)14(12,13)6-5-11/h8,10-11H,1-7H2. The first kappa shape index (κ1) is 11.9. The van der Waals surface area contributed by atoms with Crippen LogP contribution < -0.4 is 0 Å². The Labute approximate surface area is 84.4 Å². The van der Waals surface area contributed by atoms with Crippen LogP contribution in [0.25, 0.3) is 0 Å². The first-order valence-electron chi connectivity index (χ1n) is 4.79. The number of rotatable bonds is 5. The summed E-state index contributed by atoms with van der Waals surface area (Å²) in [6.07, 6.45) is 1.47. The zero-order valence-electron chi connectivity index (χ0n) is 8.09. The molecule has 0 bridgehead atoms. The Morgan fingerprint density at radius 2 is 2.00 bits per heavy atom. The molecule has 0 aromatic rings. The molecule has 1 heterocycles. The molecule has 1 atom stereocenters. The maximum absolute atomic E-state index is 11.5. The summed E-state index contributed by atoms with van der Waals surface area (Å²) in [5, 5.41) is 17.3. The molecular weight excluding hydrogens is 206 g/mol. The molecule has 0 aromatic carbocycles. The lowest BCUT2D eigenvalue weighted by Crippen LogP contribution is -2.32. The van der Waals surface area contributed by atoms with Crippen LogP contribution in [0.3, 0.4) is 0 Å². The van der Waals surface area contributed by atoms with Gasteiger partial charge in [0, 0.05) is 19.7 Å². The highest BCUT2D eigenvalue weighted by atomic mass is 32.2. The fourth-order valence-corrected chi connectivity index (χ4v) is 3.02. The van der Waals surface area contributed by atoms with Crippen LogP contribution in [-0.4, -0.2) is 55.0 Å². The molecule has 0 spiro atoms. The number of nitrogens with zero attached hydrogens (tertiary/aromatic N) is 1. The Bertz CT molecular complexity index is 265. The van der Waals surface area contributed by atoms with Gasteiger partial charge in [-0.25, -0.2) is 12.7 Å². The lowest BCUT2D eigenvalue weighted by Gasteiger charge is -2.15. The monoisotopic (exact) mass is 223 g/mol. The molecule has 1 fully saturated rings. The zero-order valence-corrected chi connectivity index (χ0v) is 8.91. The van der Waals surface area contributed by atoms with E-state index in [1.54, 1.807) is 0 Å². The molecule has 1 saturated heterocycles. The fourth-order valence-electron chi connectivity index (χ4n) is 1.71. The van der Waals surface area contributed by atoms with Crippen LogP contribution in [0, 0.1) is 5.92 Å². The average Bonchev–Trinajstić information content (AvgIpc) is 2.54. The second-order valence-corrected chi connectivity index (χ2v) is 5.65. The van der Waals surface area contributed by atoms with E-state index in [1.807, 2.05) is 0 Å². The first-order chi connectivity index (χ1) is 6.60. The van der Waals surface area contributed by atoms with Crippen molar-refractivity contribution >= 4 is 10.0 Å². The average molecular weight is 223 g/mol. The normalized spacial score (nSPS) is 24.3. The minimum absolute atomic E-state index is 0.110. The van der Waals surface area contributed by atoms with Crippen molar-refractivity contribution in [2.24, 2.45) is 5.92 Å². The smallest absolute Gasteiger partial charge is 0.216 e. The predicted octanol–water partition coefficient (Wildman–Crippen LogP) is -0.987. The van der Waals surface area contributed by atoms with Crippen molar-refractivity contribution in [2.45, 2.75) is 12.8 Å². The Morgan fingerprint density at radius 3 is 2.57 bits per heavy atom. The molecule has 6 heteroatoms. The Balaban J connectivity index is 2.49. The van der Waals surface area contributed by atoms with E-state index in [-0.39, 0.29) is 24.9 Å². The minimum Gasteiger partial charge on any atom is -0.396 e. The second-order valence-electron chi connectivity index (χ2n) is 3.56. The summed E-state index contributed by atoms with van der Waals surface area (Å²) in [5.41, 5.74) is 0. The third-order valence-electron chi connectivity index (χ3n) is 2.53. The summed E-state index contributed by atoms with van der Waals surface area (Å²) in [7, 11) is -3.26. The summed E-state index contributed by atoms with van der Waals surface area (Å²) in [6, 6.07) is 0. The summed E-state index contributed by atoms with van der Waals surface area (Å²) in [6.45, 7) is 0.790. The van der Waals surface area contributed by atoms with Crippen molar-refractivity contribution in [1.29, 1.82) is 0 Å². The van der Waals surface area contributed by atoms with E-state index < -0.39 is 10.0 Å². The van der Waals surface area contributed by atoms with Gasteiger partial charge in [-0.1, -0.05) is 0 Å². The van der Waals surface area contributed by atoms with E-state index in [2.05, 4.69) is 0 Å². The van der Waals surface area contributed by atoms with E-state index in [0.717, 1.165) is 6.42 Å². The van der Waals surface area contributed by atoms with Gasteiger partial charge in [-0.3, -0.25) is 0 Å². The molecule has 2 N–H and O–H groups in total. The highest BCUT2D eigenvalue weighted by Crippen LogP contribution is 2.21. The molecule has 0 radical (unpaired) electrons. The minimum atomic E-state index is -3.26. The van der Waals surface area contributed by atoms with E-state index in [1.165, 1.54) is 4.31 Å². The van der Waals surface area contributed by atoms with Gasteiger partial charge >= 0.3 is 0 Å². The van der Waals surface area contributed by atoms with E-state index in [0.29, 0.717) is 19.5 Å². The molecular formula is C8H17NO4S. The Kier molecular flexibility index (Phi) is 4.31. The SMILES string of the molecule is O=S(=O)(CCO)N1CCC(CCO)C1. The van der Waals surface area contributed by atoms with Gasteiger partial charge in [0.15, 0.2) is 0 Å². The lowest BCUT2D eigenvalue weighted by molar-refractivity contribution is 0.259. The van der Waals surface area contributed by atoms with Crippen LogP contribution >= 0.6 is 0 Å². The van der Waals surface area contributed by atoms with Gasteiger partial charge < -0.3 is 10.2 Å². The maximum atomic E-state index is 11.5. The van der Waals surface area contributed by atoms with E-state index in [4.69, 9.17) is 10.2 Å². The molecule has 0 aliphatic carbocycles. The molecule has 1 unspecified atom stereocenters. The molecule has 1 aliphatic heterocycles. The quantitative estimate of drug-likeness (QED) is 0.627. The predicted molar refractivity (Wildman–Crippen MR) is 52.3 cm³/mol. The topological polar surface area (TPSA) is 77.8 Å². The van der Waals surface area contributed by atoms with Crippen LogP contribution in [-0.2, 0) is 10.0 Å². The number of hydrogen-bond acceptors (Lipinski definition) is 4. The highest BCUT2D eigenvalue weighted by Gasteiger charge is 2.30. The van der Waals surface area contributed by atoms with Crippen molar-refractivity contribution < 1.29 is 18.6 Å². The molecule has 14 heavy (non-hydrogen) atoms. The van der Waals surface area contributed by atoms with Gasteiger partial charge in [0.25, 0.3) is 0 Å². The summed E-state index contributed by atoms with van der Waals surface area (Å²) in [4.78, 5) is 0. The second kappa shape index (κ2) is 5.06. The van der Waals surface area contributed by atoms with E-state index >= 15 is 0 Å². The molecule has 0 aromatic heterocycles. The van der Waals surface area contributed by atoms with Crippen LogP contribution in [0.1, 0.15) is 12.8 Å². The van der Waals surface area contributed by atoms with E-state index in [9.17, 15) is 8.42 Å². The number of sulfonamides is 1. The van der Waals surface area contributed by atoms with Crippen LogP contribution in [0.15, 0.2) is 0 Å². The van der Waals surface area contributed by atoms with Crippen LogP contribution in [0.2, 0.25) is 0 Å². The molecule has 5 nitrogen and oxygen atoms in total. The third-order valence-corrected chi connectivity index (χ3v) is 4.35. The third kappa shape index (κ3) is 2.91. The largest absolute Gasteiger partial charge is 0.396 e. The number of hydrogen-bond donors (Lipinski definition) is 2. The maximum Gasteiger partial charge on any atom is 0.216 e. The van der Waals surface area contributed by atoms with Gasteiger partial charge in [0.05, 0.1) is 12.4 Å². The van der Waals surface area contributed by atoms with Gasteiger partial charge in [-0.05, 0) is 18.8 Å². The van der Waals surface area contributed by atoms with Gasteiger partial charge in [-0.2, -0.15) is 0 Å².